The highest BCUT2D eigenvalue weighted by Gasteiger charge is 2.42. The molecule has 3 rings (SSSR count). The van der Waals surface area contributed by atoms with Gasteiger partial charge in [0.15, 0.2) is 6.34 Å². The van der Waals surface area contributed by atoms with E-state index < -0.39 is 0 Å². The van der Waals surface area contributed by atoms with Gasteiger partial charge in [-0.3, -0.25) is 19.5 Å². The minimum absolute atomic E-state index is 0.105. The van der Waals surface area contributed by atoms with E-state index in [1.807, 2.05) is 0 Å². The largest absolute Gasteiger partial charge is 0.492 e. The van der Waals surface area contributed by atoms with Crippen molar-refractivity contribution in [2.75, 3.05) is 19.7 Å². The molecule has 135 valence electrons. The average Bonchev–Trinajstić information content (AvgIpc) is 2.99. The Morgan fingerprint density at radius 3 is 3.08 bits per heavy atom. The molecular formula is C16H17ClN6O3+. The van der Waals surface area contributed by atoms with E-state index in [0.29, 0.717) is 41.7 Å². The molecule has 26 heavy (non-hydrogen) atoms. The first-order chi connectivity index (χ1) is 12.5. The fraction of sp³-hybridized carbons (Fsp3) is 0.312. The zero-order valence-electron chi connectivity index (χ0n) is 14.1. The highest BCUT2D eigenvalue weighted by Crippen LogP contribution is 2.19. The molecule has 0 bridgehead atoms. The van der Waals surface area contributed by atoms with Crippen molar-refractivity contribution in [2.45, 2.75) is 13.3 Å². The predicted octanol–water partition coefficient (Wildman–Crippen LogP) is 0.819. The Labute approximate surface area is 155 Å². The van der Waals surface area contributed by atoms with Crippen LogP contribution in [0.1, 0.15) is 13.3 Å². The maximum absolute atomic E-state index is 12.4. The number of nitrogens with zero attached hydrogens (tertiary/aromatic N) is 5. The molecule has 1 aromatic rings. The molecule has 0 atom stereocenters. The summed E-state index contributed by atoms with van der Waals surface area (Å²) in [7, 11) is 0. The van der Waals surface area contributed by atoms with Gasteiger partial charge in [-0.1, -0.05) is 11.6 Å². The summed E-state index contributed by atoms with van der Waals surface area (Å²) in [6.45, 7) is 2.44. The number of aliphatic imine (C=N–C) groups is 1. The third kappa shape index (κ3) is 4.24. The molecule has 2 aliphatic heterocycles. The van der Waals surface area contributed by atoms with Crippen molar-refractivity contribution < 1.29 is 14.3 Å². The quantitative estimate of drug-likeness (QED) is 0.562. The number of aromatic nitrogens is 1. The second kappa shape index (κ2) is 8.07. The summed E-state index contributed by atoms with van der Waals surface area (Å²) < 4.78 is 5.49. The fourth-order valence-corrected chi connectivity index (χ4v) is 2.52. The van der Waals surface area contributed by atoms with Crippen molar-refractivity contribution in [2.24, 2.45) is 10.1 Å². The van der Waals surface area contributed by atoms with Crippen LogP contribution in [0.25, 0.3) is 0 Å². The van der Waals surface area contributed by atoms with Crippen molar-refractivity contribution in [1.82, 2.24) is 20.2 Å². The van der Waals surface area contributed by atoms with Gasteiger partial charge in [0.2, 0.25) is 5.91 Å². The number of pyridine rings is 1. The van der Waals surface area contributed by atoms with Crippen LogP contribution >= 0.6 is 11.6 Å². The van der Waals surface area contributed by atoms with E-state index in [1.165, 1.54) is 28.8 Å². The van der Waals surface area contributed by atoms with E-state index in [9.17, 15) is 9.59 Å². The Balaban J connectivity index is 1.39. The highest BCUT2D eigenvalue weighted by molar-refractivity contribution is 6.30. The van der Waals surface area contributed by atoms with Crippen LogP contribution in [0.3, 0.4) is 0 Å². The molecule has 1 aromatic heterocycles. The van der Waals surface area contributed by atoms with Gasteiger partial charge < -0.3 is 10.1 Å². The molecule has 0 unspecified atom stereocenters. The number of hydrazone groups is 1. The van der Waals surface area contributed by atoms with E-state index >= 15 is 0 Å². The van der Waals surface area contributed by atoms with Crippen LogP contribution in [0.2, 0.25) is 5.02 Å². The Bertz CT molecular complexity index is 807. The summed E-state index contributed by atoms with van der Waals surface area (Å²) in [6, 6.07) is 1.67. The maximum atomic E-state index is 12.4. The first-order valence-corrected chi connectivity index (χ1v) is 8.32. The second-order valence-electron chi connectivity index (χ2n) is 5.58. The Morgan fingerprint density at radius 2 is 2.27 bits per heavy atom. The maximum Gasteiger partial charge on any atom is 0.324 e. The van der Waals surface area contributed by atoms with E-state index in [4.69, 9.17) is 16.3 Å². The molecule has 0 aromatic carbocycles. The van der Waals surface area contributed by atoms with Gasteiger partial charge in [-0.2, -0.15) is 4.99 Å². The number of ether oxygens (including phenoxy) is 1. The second-order valence-corrected chi connectivity index (χ2v) is 6.01. The van der Waals surface area contributed by atoms with Crippen LogP contribution in [0.4, 0.5) is 0 Å². The summed E-state index contributed by atoms with van der Waals surface area (Å²) >= 11 is 5.82. The Hall–Kier alpha value is -2.78. The van der Waals surface area contributed by atoms with Crippen molar-refractivity contribution in [3.05, 3.63) is 34.9 Å². The summed E-state index contributed by atoms with van der Waals surface area (Å²) in [4.78, 5) is 33.6. The number of amides is 2. The van der Waals surface area contributed by atoms with Crippen molar-refractivity contribution >= 4 is 36.1 Å². The van der Waals surface area contributed by atoms with Gasteiger partial charge in [0.1, 0.15) is 18.0 Å². The molecule has 1 radical (unpaired) electrons. The van der Waals surface area contributed by atoms with Crippen LogP contribution in [0, 0.1) is 0 Å². The standard InChI is InChI=1S/C16H17ClN6O3/c1-11-15-16(25)22(10-21-23(15)9-20-11)8-14(24)19-3-2-4-26-13-5-12(17)6-18-7-13/h5-7,9-10H,2-4,8H2,1H3,(H,19,24)/q+1. The van der Waals surface area contributed by atoms with Crippen molar-refractivity contribution in [1.29, 1.82) is 0 Å². The molecule has 1 N–H and O–H groups in total. The number of carbonyl (C=O) groups is 2. The number of hydrogen-bond acceptors (Lipinski definition) is 7. The third-order valence-corrected chi connectivity index (χ3v) is 3.82. The lowest BCUT2D eigenvalue weighted by Gasteiger charge is -2.18. The van der Waals surface area contributed by atoms with Gasteiger partial charge in [-0.15, -0.1) is 0 Å². The van der Waals surface area contributed by atoms with Gasteiger partial charge in [0.25, 0.3) is 6.34 Å². The first-order valence-electron chi connectivity index (χ1n) is 7.94. The van der Waals surface area contributed by atoms with Crippen LogP contribution < -0.4 is 15.1 Å². The molecule has 2 aliphatic rings. The summed E-state index contributed by atoms with van der Waals surface area (Å²) in [5.74, 6) is -0.00675. The number of rotatable bonds is 7. The first kappa shape index (κ1) is 18.0. The number of nitrogens with one attached hydrogen (secondary N) is 1. The third-order valence-electron chi connectivity index (χ3n) is 3.62. The molecule has 3 heterocycles. The van der Waals surface area contributed by atoms with Gasteiger partial charge >= 0.3 is 11.6 Å². The van der Waals surface area contributed by atoms with Gasteiger partial charge in [0.05, 0.1) is 22.8 Å². The monoisotopic (exact) mass is 376 g/mol. The topological polar surface area (TPSA) is 102 Å². The van der Waals surface area contributed by atoms with Gasteiger partial charge in [-0.05, 0) is 18.4 Å². The van der Waals surface area contributed by atoms with Crippen LogP contribution in [0.15, 0.2) is 39.9 Å². The van der Waals surface area contributed by atoms with E-state index in [0.717, 1.165) is 0 Å². The van der Waals surface area contributed by atoms with Crippen LogP contribution in [-0.2, 0) is 9.59 Å². The summed E-state index contributed by atoms with van der Waals surface area (Å²) in [5, 5.41) is 8.71. The van der Waals surface area contributed by atoms with Gasteiger partial charge in [-0.25, -0.2) is 0 Å². The minimum Gasteiger partial charge on any atom is -0.492 e. The number of hydrogen-bond donors (Lipinski definition) is 1. The molecule has 10 heteroatoms. The Kier molecular flexibility index (Phi) is 5.59. The van der Waals surface area contributed by atoms with E-state index in [2.05, 4.69) is 20.4 Å². The molecular weight excluding hydrogens is 360 g/mol. The smallest absolute Gasteiger partial charge is 0.324 e. The predicted molar refractivity (Wildman–Crippen MR) is 95.9 cm³/mol. The van der Waals surface area contributed by atoms with Crippen LogP contribution in [0.5, 0.6) is 5.75 Å². The van der Waals surface area contributed by atoms with E-state index in [1.54, 1.807) is 19.2 Å². The number of carbonyl (C=O) groups excluding carboxylic acids is 2. The molecule has 0 saturated carbocycles. The molecule has 2 amide bonds. The zero-order chi connectivity index (χ0) is 18.5. The average molecular weight is 377 g/mol. The number of halogens is 1. The molecule has 9 nitrogen and oxygen atoms in total. The fourth-order valence-electron chi connectivity index (χ4n) is 2.36. The molecule has 0 aliphatic carbocycles. The van der Waals surface area contributed by atoms with Crippen molar-refractivity contribution in [3.8, 4) is 5.75 Å². The summed E-state index contributed by atoms with van der Waals surface area (Å²) in [6.07, 6.45) is 6.48. The lowest BCUT2D eigenvalue weighted by molar-refractivity contribution is -0.130. The minimum atomic E-state index is -0.304. The SMILES string of the molecule is CC1=C2C(=O)N(CC(=O)NCCCOc3cncc(Cl)c3)C=N[N+]2C=N1. The normalized spacial score (nSPS) is 16.2. The lowest BCUT2D eigenvalue weighted by atomic mass is 10.3. The Morgan fingerprint density at radius 1 is 1.42 bits per heavy atom. The van der Waals surface area contributed by atoms with Crippen LogP contribution in [-0.4, -0.2) is 54.1 Å². The summed E-state index contributed by atoms with van der Waals surface area (Å²) in [5.41, 5.74) is 0.939. The van der Waals surface area contributed by atoms with Crippen molar-refractivity contribution in [3.63, 3.8) is 0 Å². The molecule has 0 saturated heterocycles. The lowest BCUT2D eigenvalue weighted by Crippen LogP contribution is -2.46. The zero-order valence-corrected chi connectivity index (χ0v) is 14.8. The molecule has 0 fully saturated rings. The number of allylic oxidation sites excluding steroid dienone is 1. The van der Waals surface area contributed by atoms with Gasteiger partial charge in [0, 0.05) is 18.8 Å². The van der Waals surface area contributed by atoms with E-state index in [-0.39, 0.29) is 18.4 Å². The molecule has 0 spiro atoms. The highest BCUT2D eigenvalue weighted by atomic mass is 35.5. The number of fused-ring (bicyclic) bond motifs is 1.